The first-order valence-corrected chi connectivity index (χ1v) is 25.0. The van der Waals surface area contributed by atoms with E-state index in [0.717, 1.165) is 75.5 Å². The van der Waals surface area contributed by atoms with Gasteiger partial charge in [-0.3, -0.25) is 14.4 Å². The number of Topliss-reactive ketones (excluding diaryl/α,β-unsaturated/α-hetero) is 2. The first-order chi connectivity index (χ1) is 27.2. The summed E-state index contributed by atoms with van der Waals surface area (Å²) < 4.78 is 5.33. The molecule has 0 bridgehead atoms. The third-order valence-electron chi connectivity index (χ3n) is 20.2. The normalized spacial score (nSPS) is 47.2. The van der Waals surface area contributed by atoms with Gasteiger partial charge in [0.15, 0.2) is 5.78 Å². The minimum Gasteiger partial charge on any atom is -0.457 e. The molecule has 8 aliphatic rings. The van der Waals surface area contributed by atoms with Gasteiger partial charge in [-0.1, -0.05) is 58.5 Å². The molecule has 8 aliphatic carbocycles. The third kappa shape index (κ3) is 9.66. The number of carbonyl (C=O) groups excluding carboxylic acids is 3. The molecule has 17 atom stereocenters. The molecule has 0 spiro atoms. The van der Waals surface area contributed by atoms with E-state index in [1.165, 1.54) is 57.8 Å². The van der Waals surface area contributed by atoms with Gasteiger partial charge in [0, 0.05) is 11.8 Å². The quantitative estimate of drug-likeness (QED) is 0.132. The van der Waals surface area contributed by atoms with E-state index < -0.39 is 23.2 Å². The Hall–Kier alpha value is -0.580. The zero-order valence-corrected chi connectivity index (χ0v) is 40.0. The SMILES string of the molecule is C.C.C[C@@]1(O)CC[C@@]2(C)C(CC[C@@H]3C2CC[C@]2(C)[C@@H](C(=O)CBr)CC[C@@H]32)C1.C[C@@]1(O)CC[C@@]2(C)C(CC[C@@H]3C2CC[C@]2(C)[C@@H](C(=O)COC(=O)C(N)CCCN)CC[C@@H]32)C1.Cl. The Morgan fingerprint density at radius 1 is 0.623 bits per heavy atom. The first kappa shape index (κ1) is 53.0. The van der Waals surface area contributed by atoms with E-state index in [4.69, 9.17) is 16.2 Å². The van der Waals surface area contributed by atoms with Crippen molar-refractivity contribution in [3.05, 3.63) is 0 Å². The van der Waals surface area contributed by atoms with Crippen LogP contribution in [0.4, 0.5) is 0 Å². The Morgan fingerprint density at radius 2 is 1.05 bits per heavy atom. The van der Waals surface area contributed by atoms with E-state index in [-0.39, 0.29) is 62.3 Å². The van der Waals surface area contributed by atoms with Crippen molar-refractivity contribution < 1.29 is 29.3 Å². The van der Waals surface area contributed by atoms with E-state index in [1.54, 1.807) is 0 Å². The lowest BCUT2D eigenvalue weighted by molar-refractivity contribution is -0.157. The molecule has 5 unspecified atom stereocenters. The summed E-state index contributed by atoms with van der Waals surface area (Å²) in [5.41, 5.74) is 11.4. The maximum Gasteiger partial charge on any atom is 0.323 e. The summed E-state index contributed by atoms with van der Waals surface area (Å²) >= 11 is 3.43. The van der Waals surface area contributed by atoms with Crippen molar-refractivity contribution in [3.63, 3.8) is 0 Å². The molecule has 354 valence electrons. The Bertz CT molecular complexity index is 1540. The number of fused-ring (bicyclic) bond motifs is 10. The van der Waals surface area contributed by atoms with Gasteiger partial charge in [-0.15, -0.1) is 12.4 Å². The molecule has 8 fully saturated rings. The monoisotopic (exact) mass is 941 g/mol. The van der Waals surface area contributed by atoms with Crippen molar-refractivity contribution in [2.75, 3.05) is 18.5 Å². The van der Waals surface area contributed by atoms with Crippen LogP contribution < -0.4 is 11.5 Å². The molecule has 10 heteroatoms. The maximum atomic E-state index is 13.2. The fourth-order valence-corrected chi connectivity index (χ4v) is 17.2. The highest BCUT2D eigenvalue weighted by Gasteiger charge is 2.63. The van der Waals surface area contributed by atoms with Crippen LogP contribution in [0.1, 0.15) is 185 Å². The van der Waals surface area contributed by atoms with Crippen LogP contribution >= 0.6 is 28.3 Å². The van der Waals surface area contributed by atoms with E-state index in [1.807, 2.05) is 13.8 Å². The molecule has 0 amide bonds. The van der Waals surface area contributed by atoms with Crippen molar-refractivity contribution >= 4 is 45.9 Å². The van der Waals surface area contributed by atoms with Crippen molar-refractivity contribution in [1.82, 2.24) is 0 Å². The van der Waals surface area contributed by atoms with Gasteiger partial charge in [0.1, 0.15) is 18.4 Å². The minimum atomic E-state index is -0.698. The molecule has 8 nitrogen and oxygen atoms in total. The number of halogens is 2. The molecule has 0 saturated heterocycles. The summed E-state index contributed by atoms with van der Waals surface area (Å²) in [5.74, 6) is 5.96. The van der Waals surface area contributed by atoms with Crippen LogP contribution in [0.3, 0.4) is 0 Å². The van der Waals surface area contributed by atoms with Gasteiger partial charge >= 0.3 is 5.97 Å². The van der Waals surface area contributed by atoms with Gasteiger partial charge in [0.05, 0.1) is 16.5 Å². The highest BCUT2D eigenvalue weighted by atomic mass is 79.9. The Labute approximate surface area is 386 Å². The Morgan fingerprint density at radius 3 is 1.48 bits per heavy atom. The fourth-order valence-electron chi connectivity index (χ4n) is 16.8. The Kier molecular flexibility index (Phi) is 17.1. The maximum absolute atomic E-state index is 13.2. The summed E-state index contributed by atoms with van der Waals surface area (Å²) in [6.45, 7) is 14.2. The van der Waals surface area contributed by atoms with Gasteiger partial charge < -0.3 is 26.4 Å². The lowest BCUT2D eigenvalue weighted by Crippen LogP contribution is -2.55. The second kappa shape index (κ2) is 19.7. The molecule has 61 heavy (non-hydrogen) atoms. The molecular formula is C51H90BrClN2O6. The van der Waals surface area contributed by atoms with Crippen LogP contribution in [0.5, 0.6) is 0 Å². The molecule has 8 saturated carbocycles. The summed E-state index contributed by atoms with van der Waals surface area (Å²) in [7, 11) is 0. The number of rotatable bonds is 9. The molecule has 0 aromatic carbocycles. The van der Waals surface area contributed by atoms with E-state index in [9.17, 15) is 24.6 Å². The van der Waals surface area contributed by atoms with Crippen molar-refractivity contribution in [2.45, 2.75) is 202 Å². The number of ketones is 2. The third-order valence-corrected chi connectivity index (χ3v) is 20.7. The minimum absolute atomic E-state index is 0. The average Bonchev–Trinajstić information content (AvgIpc) is 3.73. The van der Waals surface area contributed by atoms with Crippen LogP contribution in [-0.2, 0) is 19.1 Å². The molecule has 0 aromatic heterocycles. The topological polar surface area (TPSA) is 153 Å². The second-order valence-electron chi connectivity index (χ2n) is 23.3. The van der Waals surface area contributed by atoms with Gasteiger partial charge in [-0.05, 0) is 218 Å². The highest BCUT2D eigenvalue weighted by Crippen LogP contribution is 2.70. The summed E-state index contributed by atoms with van der Waals surface area (Å²) in [5, 5.41) is 21.8. The molecule has 0 radical (unpaired) electrons. The molecule has 0 aromatic rings. The first-order valence-electron chi connectivity index (χ1n) is 23.9. The molecule has 6 N–H and O–H groups in total. The Balaban J connectivity index is 0.000000264. The number of aliphatic hydroxyl groups is 2. The summed E-state index contributed by atoms with van der Waals surface area (Å²) in [6, 6.07) is -0.698. The number of alkyl halides is 1. The lowest BCUT2D eigenvalue weighted by atomic mass is 9.44. The number of nitrogens with two attached hydrogens (primary N) is 2. The zero-order valence-electron chi connectivity index (χ0n) is 37.6. The lowest BCUT2D eigenvalue weighted by Gasteiger charge is -2.61. The predicted octanol–water partition coefficient (Wildman–Crippen LogP) is 10.6. The van der Waals surface area contributed by atoms with E-state index in [2.05, 4.69) is 43.6 Å². The smallest absolute Gasteiger partial charge is 0.323 e. The van der Waals surface area contributed by atoms with Crippen molar-refractivity contribution in [2.24, 2.45) is 92.3 Å². The average molecular weight is 943 g/mol. The van der Waals surface area contributed by atoms with Crippen molar-refractivity contribution in [1.29, 1.82) is 0 Å². The largest absolute Gasteiger partial charge is 0.457 e. The number of hydrogen-bond donors (Lipinski definition) is 4. The molecule has 0 heterocycles. The number of hydrogen-bond acceptors (Lipinski definition) is 8. The van der Waals surface area contributed by atoms with Gasteiger partial charge in [-0.2, -0.15) is 0 Å². The van der Waals surface area contributed by atoms with Crippen LogP contribution in [0.25, 0.3) is 0 Å². The van der Waals surface area contributed by atoms with E-state index in [0.29, 0.717) is 70.9 Å². The second-order valence-corrected chi connectivity index (χ2v) is 23.8. The van der Waals surface area contributed by atoms with Gasteiger partial charge in [-0.25, -0.2) is 0 Å². The summed E-state index contributed by atoms with van der Waals surface area (Å²) in [6.07, 6.45) is 21.5. The fraction of sp³-hybridized carbons (Fsp3) is 0.941. The zero-order chi connectivity index (χ0) is 42.1. The molecule has 8 rings (SSSR count). The van der Waals surface area contributed by atoms with Crippen LogP contribution in [-0.4, -0.2) is 63.5 Å². The van der Waals surface area contributed by atoms with Gasteiger partial charge in [0.2, 0.25) is 0 Å². The van der Waals surface area contributed by atoms with Crippen LogP contribution in [0.2, 0.25) is 0 Å². The van der Waals surface area contributed by atoms with Crippen LogP contribution in [0, 0.1) is 80.8 Å². The summed E-state index contributed by atoms with van der Waals surface area (Å²) in [4.78, 5) is 37.9. The molecule has 0 aliphatic heterocycles. The highest BCUT2D eigenvalue weighted by molar-refractivity contribution is 9.09. The molecular weight excluding hydrogens is 852 g/mol. The van der Waals surface area contributed by atoms with Gasteiger partial charge in [0.25, 0.3) is 0 Å². The standard InChI is InChI=1S/C27H46N2O4.C22H35BrO2.2CH4.ClH/c1-25(32)12-13-26(2)17(15-25)6-7-18-19-8-9-21(27(19,3)11-10-20(18)26)23(30)16-33-24(31)22(29)5-4-14-28;1-20(25)10-11-21(2)14(12-20)4-5-15-16-6-7-18(19(24)13-23)22(16,3)9-8-17(15)21;;;/h17-22,32H,4-16,28-29H2,1-3H3;14-18,25H,4-13H2,1-3H3;2*1H4;1H/t17?,18-,19-,20?,21+,22?,25+,26-,27-;14?,15-,16-,17?,18+,20+,21-,22-;;;/m00.../s1. The number of carbonyl (C=O) groups is 3. The number of ether oxygens (including phenoxy) is 1. The van der Waals surface area contributed by atoms with E-state index >= 15 is 0 Å². The van der Waals surface area contributed by atoms with Crippen LogP contribution in [0.15, 0.2) is 0 Å². The predicted molar refractivity (Wildman–Crippen MR) is 253 cm³/mol. The number of esters is 1. The van der Waals surface area contributed by atoms with Crippen molar-refractivity contribution in [3.8, 4) is 0 Å².